The number of ether oxygens (including phenoxy) is 1. The summed E-state index contributed by atoms with van der Waals surface area (Å²) in [5.41, 5.74) is -0.0292. The van der Waals surface area contributed by atoms with Gasteiger partial charge in [-0.05, 0) is 6.42 Å². The normalized spacial score (nSPS) is 20.2. The van der Waals surface area contributed by atoms with Gasteiger partial charge < -0.3 is 4.74 Å². The Kier molecular flexibility index (Phi) is 1.81. The van der Waals surface area contributed by atoms with Crippen molar-refractivity contribution in [2.75, 3.05) is 7.11 Å². The third-order valence-electron chi connectivity index (χ3n) is 2.30. The maximum atomic E-state index is 11.2. The lowest BCUT2D eigenvalue weighted by atomic mass is 10.2. The maximum Gasteiger partial charge on any atom is 0.328 e. The van der Waals surface area contributed by atoms with Crippen LogP contribution in [0.1, 0.15) is 18.2 Å². The first kappa shape index (κ1) is 8.25. The molecule has 5 nitrogen and oxygen atoms in total. The second-order valence-corrected chi connectivity index (χ2v) is 3.03. The van der Waals surface area contributed by atoms with Crippen LogP contribution in [0.2, 0.25) is 0 Å². The summed E-state index contributed by atoms with van der Waals surface area (Å²) in [5.74, 6) is 0. The summed E-state index contributed by atoms with van der Waals surface area (Å²) >= 11 is 0. The lowest BCUT2D eigenvalue weighted by Gasteiger charge is -2.06. The molecule has 0 bridgehead atoms. The molecule has 1 unspecified atom stereocenters. The van der Waals surface area contributed by atoms with Gasteiger partial charge in [0.25, 0.3) is 5.56 Å². The van der Waals surface area contributed by atoms with E-state index in [0.717, 1.165) is 6.42 Å². The number of rotatable bonds is 1. The number of hydrogen-bond acceptors (Lipinski definition) is 3. The molecule has 1 aliphatic rings. The summed E-state index contributed by atoms with van der Waals surface area (Å²) in [6, 6.07) is 1.42. The van der Waals surface area contributed by atoms with Crippen LogP contribution in [-0.2, 0) is 11.3 Å². The molecule has 1 atom stereocenters. The van der Waals surface area contributed by atoms with Crippen molar-refractivity contribution in [3.05, 3.63) is 32.6 Å². The molecule has 0 spiro atoms. The summed E-state index contributed by atoms with van der Waals surface area (Å²) in [7, 11) is 1.58. The lowest BCUT2D eigenvalue weighted by Crippen LogP contribution is -2.29. The highest BCUT2D eigenvalue weighted by molar-refractivity contribution is 5.09. The molecule has 2 heterocycles. The van der Waals surface area contributed by atoms with Crippen molar-refractivity contribution in [1.82, 2.24) is 9.55 Å². The molecule has 0 amide bonds. The molecule has 1 aromatic rings. The first-order chi connectivity index (χ1) is 6.22. The number of hydrogen-bond donors (Lipinski definition) is 1. The summed E-state index contributed by atoms with van der Waals surface area (Å²) in [6.45, 7) is 0.615. The number of methoxy groups -OCH3 is 1. The fourth-order valence-electron chi connectivity index (χ4n) is 1.67. The second-order valence-electron chi connectivity index (χ2n) is 3.03. The van der Waals surface area contributed by atoms with E-state index < -0.39 is 0 Å². The van der Waals surface area contributed by atoms with Gasteiger partial charge in [-0.15, -0.1) is 0 Å². The van der Waals surface area contributed by atoms with Crippen LogP contribution in [-0.4, -0.2) is 16.7 Å². The number of aromatic nitrogens is 2. The molecule has 13 heavy (non-hydrogen) atoms. The fraction of sp³-hybridized carbons (Fsp3) is 0.500. The highest BCUT2D eigenvalue weighted by Gasteiger charge is 2.23. The molecule has 1 aromatic heterocycles. The molecule has 0 aromatic carbocycles. The highest BCUT2D eigenvalue weighted by Crippen LogP contribution is 2.24. The van der Waals surface area contributed by atoms with Gasteiger partial charge in [-0.2, -0.15) is 0 Å². The van der Waals surface area contributed by atoms with Crippen molar-refractivity contribution in [2.45, 2.75) is 19.1 Å². The lowest BCUT2D eigenvalue weighted by molar-refractivity contribution is 0.105. The molecule has 0 saturated heterocycles. The molecule has 1 aliphatic heterocycles. The van der Waals surface area contributed by atoms with Gasteiger partial charge in [0.2, 0.25) is 0 Å². The first-order valence-corrected chi connectivity index (χ1v) is 4.09. The SMILES string of the molecule is COC1CCn2c1cc(=O)[nH]c2=O. The molecular weight excluding hydrogens is 172 g/mol. The molecule has 1 N–H and O–H groups in total. The van der Waals surface area contributed by atoms with Crippen molar-refractivity contribution >= 4 is 0 Å². The van der Waals surface area contributed by atoms with E-state index >= 15 is 0 Å². The van der Waals surface area contributed by atoms with Gasteiger partial charge in [-0.25, -0.2) is 4.79 Å². The topological polar surface area (TPSA) is 64.1 Å². The minimum Gasteiger partial charge on any atom is -0.375 e. The van der Waals surface area contributed by atoms with Crippen molar-refractivity contribution in [2.24, 2.45) is 0 Å². The second kappa shape index (κ2) is 2.85. The third-order valence-corrected chi connectivity index (χ3v) is 2.30. The first-order valence-electron chi connectivity index (χ1n) is 4.09. The van der Waals surface area contributed by atoms with Gasteiger partial charge in [0.15, 0.2) is 0 Å². The Balaban J connectivity index is 2.64. The van der Waals surface area contributed by atoms with Gasteiger partial charge in [-0.1, -0.05) is 0 Å². The Morgan fingerprint density at radius 3 is 3.08 bits per heavy atom. The maximum absolute atomic E-state index is 11.2. The Morgan fingerprint density at radius 2 is 2.38 bits per heavy atom. The monoisotopic (exact) mass is 182 g/mol. The van der Waals surface area contributed by atoms with Crippen LogP contribution >= 0.6 is 0 Å². The number of fused-ring (bicyclic) bond motifs is 1. The van der Waals surface area contributed by atoms with Gasteiger partial charge in [0.05, 0.1) is 11.8 Å². The van der Waals surface area contributed by atoms with Crippen LogP contribution in [0, 0.1) is 0 Å². The van der Waals surface area contributed by atoms with Gasteiger partial charge in [0, 0.05) is 19.7 Å². The van der Waals surface area contributed by atoms with E-state index in [4.69, 9.17) is 4.74 Å². The fourth-order valence-corrected chi connectivity index (χ4v) is 1.67. The predicted octanol–water partition coefficient (Wildman–Crippen LogP) is -0.372. The van der Waals surface area contributed by atoms with Crippen LogP contribution in [0.15, 0.2) is 15.7 Å². The van der Waals surface area contributed by atoms with Crippen molar-refractivity contribution < 1.29 is 4.74 Å². The molecule has 0 radical (unpaired) electrons. The van der Waals surface area contributed by atoms with E-state index in [2.05, 4.69) is 4.98 Å². The molecule has 2 rings (SSSR count). The quantitative estimate of drug-likeness (QED) is 0.644. The smallest absolute Gasteiger partial charge is 0.328 e. The summed E-state index contributed by atoms with van der Waals surface area (Å²) in [6.07, 6.45) is 0.637. The van der Waals surface area contributed by atoms with E-state index in [1.54, 1.807) is 7.11 Å². The van der Waals surface area contributed by atoms with E-state index in [9.17, 15) is 9.59 Å². The minimum absolute atomic E-state index is 0.116. The van der Waals surface area contributed by atoms with Crippen LogP contribution in [0.25, 0.3) is 0 Å². The summed E-state index contributed by atoms with van der Waals surface area (Å²) in [5, 5.41) is 0. The average Bonchev–Trinajstić information content (AvgIpc) is 2.47. The Bertz CT molecular complexity index is 432. The number of nitrogens with zero attached hydrogens (tertiary/aromatic N) is 1. The van der Waals surface area contributed by atoms with E-state index in [1.165, 1.54) is 10.6 Å². The number of H-pyrrole nitrogens is 1. The van der Waals surface area contributed by atoms with Crippen LogP contribution < -0.4 is 11.2 Å². The minimum atomic E-state index is -0.361. The summed E-state index contributed by atoms with van der Waals surface area (Å²) < 4.78 is 6.67. The Hall–Kier alpha value is -1.36. The Labute approximate surface area is 74.0 Å². The predicted molar refractivity (Wildman–Crippen MR) is 45.7 cm³/mol. The molecule has 0 saturated carbocycles. The molecular formula is C8H10N2O3. The Morgan fingerprint density at radius 1 is 1.62 bits per heavy atom. The highest BCUT2D eigenvalue weighted by atomic mass is 16.5. The standard InChI is InChI=1S/C8H10N2O3/c1-13-6-2-3-10-5(6)4-7(11)9-8(10)12/h4,6H,2-3H2,1H3,(H,9,11,12). The van der Waals surface area contributed by atoms with E-state index in [0.29, 0.717) is 12.2 Å². The number of nitrogens with one attached hydrogen (secondary N) is 1. The van der Waals surface area contributed by atoms with Crippen molar-refractivity contribution in [1.29, 1.82) is 0 Å². The largest absolute Gasteiger partial charge is 0.375 e. The van der Waals surface area contributed by atoms with Crippen LogP contribution in [0.4, 0.5) is 0 Å². The zero-order chi connectivity index (χ0) is 9.42. The molecule has 0 fully saturated rings. The van der Waals surface area contributed by atoms with Gasteiger partial charge in [0.1, 0.15) is 0 Å². The zero-order valence-corrected chi connectivity index (χ0v) is 7.24. The number of aromatic amines is 1. The van der Waals surface area contributed by atoms with E-state index in [-0.39, 0.29) is 17.4 Å². The molecule has 0 aliphatic carbocycles. The van der Waals surface area contributed by atoms with Gasteiger partial charge in [-0.3, -0.25) is 14.3 Å². The van der Waals surface area contributed by atoms with Gasteiger partial charge >= 0.3 is 5.69 Å². The summed E-state index contributed by atoms with van der Waals surface area (Å²) in [4.78, 5) is 24.4. The third kappa shape index (κ3) is 1.21. The average molecular weight is 182 g/mol. The molecule has 5 heteroatoms. The van der Waals surface area contributed by atoms with Crippen molar-refractivity contribution in [3.8, 4) is 0 Å². The zero-order valence-electron chi connectivity index (χ0n) is 7.24. The van der Waals surface area contributed by atoms with E-state index in [1.807, 2.05) is 0 Å². The molecule has 70 valence electrons. The van der Waals surface area contributed by atoms with Crippen LogP contribution in [0.3, 0.4) is 0 Å². The van der Waals surface area contributed by atoms with Crippen LogP contribution in [0.5, 0.6) is 0 Å². The van der Waals surface area contributed by atoms with Crippen molar-refractivity contribution in [3.63, 3.8) is 0 Å².